The lowest BCUT2D eigenvalue weighted by molar-refractivity contribution is 0.990. The molecular weight excluding hydrogens is 242 g/mol. The summed E-state index contributed by atoms with van der Waals surface area (Å²) in [6.45, 7) is 1.92. The molecule has 0 amide bonds. The Kier molecular flexibility index (Phi) is 3.70. The molecule has 0 bridgehead atoms. The van der Waals surface area contributed by atoms with E-state index in [4.69, 9.17) is 5.84 Å². The van der Waals surface area contributed by atoms with Gasteiger partial charge in [-0.2, -0.15) is 0 Å². The molecule has 0 saturated heterocycles. The average Bonchev–Trinajstić information content (AvgIpc) is 2.78. The molecule has 0 atom stereocenters. The fourth-order valence-corrected chi connectivity index (χ4v) is 2.67. The number of nitrogens with zero attached hydrogens (tertiary/aromatic N) is 3. The van der Waals surface area contributed by atoms with Crippen molar-refractivity contribution < 1.29 is 0 Å². The van der Waals surface area contributed by atoms with Crippen molar-refractivity contribution in [2.45, 2.75) is 17.0 Å². The molecule has 0 fully saturated rings. The molecule has 16 heavy (non-hydrogen) atoms. The topological polar surface area (TPSA) is 76.7 Å². The van der Waals surface area contributed by atoms with Crippen molar-refractivity contribution in [2.24, 2.45) is 5.84 Å². The lowest BCUT2D eigenvalue weighted by Gasteiger charge is -2.03. The molecule has 0 spiro atoms. The van der Waals surface area contributed by atoms with E-state index in [-0.39, 0.29) is 0 Å². The maximum absolute atomic E-state index is 5.32. The minimum Gasteiger partial charge on any atom is -0.308 e. The van der Waals surface area contributed by atoms with Gasteiger partial charge in [0, 0.05) is 23.3 Å². The lowest BCUT2D eigenvalue weighted by atomic mass is 10.4. The van der Waals surface area contributed by atoms with Crippen LogP contribution in [-0.4, -0.2) is 15.0 Å². The van der Waals surface area contributed by atoms with E-state index in [2.05, 4.69) is 20.4 Å². The Morgan fingerprint density at radius 3 is 3.06 bits per heavy atom. The van der Waals surface area contributed by atoms with Crippen LogP contribution in [0, 0.1) is 6.92 Å². The normalized spacial score (nSPS) is 10.4. The minimum absolute atomic E-state index is 0.641. The highest BCUT2D eigenvalue weighted by Crippen LogP contribution is 2.23. The van der Waals surface area contributed by atoms with E-state index in [1.807, 2.05) is 12.3 Å². The van der Waals surface area contributed by atoms with Gasteiger partial charge in [-0.05, 0) is 6.92 Å². The van der Waals surface area contributed by atoms with Crippen molar-refractivity contribution in [3.63, 3.8) is 0 Å². The van der Waals surface area contributed by atoms with Crippen molar-refractivity contribution in [1.82, 2.24) is 15.0 Å². The third-order valence-corrected chi connectivity index (χ3v) is 3.74. The SMILES string of the molecule is Cc1cc(NN)nc(CSc2nccs2)n1. The number of aromatic nitrogens is 3. The molecular formula is C9H11N5S2. The van der Waals surface area contributed by atoms with Gasteiger partial charge >= 0.3 is 0 Å². The van der Waals surface area contributed by atoms with Crippen molar-refractivity contribution in [1.29, 1.82) is 0 Å². The van der Waals surface area contributed by atoms with Gasteiger partial charge in [-0.25, -0.2) is 20.8 Å². The van der Waals surface area contributed by atoms with Crippen LogP contribution >= 0.6 is 23.1 Å². The average molecular weight is 253 g/mol. The summed E-state index contributed by atoms with van der Waals surface area (Å²) < 4.78 is 1.02. The van der Waals surface area contributed by atoms with E-state index in [9.17, 15) is 0 Å². The van der Waals surface area contributed by atoms with E-state index in [1.165, 1.54) is 0 Å². The smallest absolute Gasteiger partial charge is 0.150 e. The summed E-state index contributed by atoms with van der Waals surface area (Å²) in [5, 5.41) is 1.95. The van der Waals surface area contributed by atoms with Crippen LogP contribution in [0.15, 0.2) is 22.0 Å². The van der Waals surface area contributed by atoms with Crippen molar-refractivity contribution >= 4 is 28.9 Å². The number of anilines is 1. The third-order valence-electron chi connectivity index (χ3n) is 1.78. The predicted molar refractivity (Wildman–Crippen MR) is 66.3 cm³/mol. The minimum atomic E-state index is 0.641. The summed E-state index contributed by atoms with van der Waals surface area (Å²) in [4.78, 5) is 12.8. The number of hydrogen-bond donors (Lipinski definition) is 2. The molecule has 0 radical (unpaired) electrons. The Labute approximate surface area is 102 Å². The highest BCUT2D eigenvalue weighted by Gasteiger charge is 2.03. The third kappa shape index (κ3) is 2.91. The van der Waals surface area contributed by atoms with Gasteiger partial charge < -0.3 is 5.43 Å². The number of hydrogen-bond acceptors (Lipinski definition) is 7. The van der Waals surface area contributed by atoms with Crippen molar-refractivity contribution in [3.8, 4) is 0 Å². The van der Waals surface area contributed by atoms with Gasteiger partial charge in [0.1, 0.15) is 16.0 Å². The van der Waals surface area contributed by atoms with Gasteiger partial charge in [-0.15, -0.1) is 11.3 Å². The van der Waals surface area contributed by atoms with E-state index in [0.29, 0.717) is 11.6 Å². The Morgan fingerprint density at radius 2 is 2.38 bits per heavy atom. The number of nitrogens with two attached hydrogens (primary N) is 1. The van der Waals surface area contributed by atoms with Crippen LogP contribution in [0.25, 0.3) is 0 Å². The van der Waals surface area contributed by atoms with E-state index >= 15 is 0 Å². The number of aryl methyl sites for hydroxylation is 1. The molecule has 0 saturated carbocycles. The van der Waals surface area contributed by atoms with Crippen molar-refractivity contribution in [2.75, 3.05) is 5.43 Å². The van der Waals surface area contributed by atoms with Crippen molar-refractivity contribution in [3.05, 3.63) is 29.2 Å². The largest absolute Gasteiger partial charge is 0.308 e. The number of nitrogen functional groups attached to an aromatic ring is 1. The molecule has 0 aliphatic carbocycles. The maximum atomic E-state index is 5.32. The molecule has 0 aliphatic heterocycles. The van der Waals surface area contributed by atoms with Gasteiger partial charge in [0.05, 0.1) is 5.75 Å². The highest BCUT2D eigenvalue weighted by atomic mass is 32.2. The zero-order valence-electron chi connectivity index (χ0n) is 8.67. The Hall–Kier alpha value is -1.18. The summed E-state index contributed by atoms with van der Waals surface area (Å²) in [5.74, 6) is 7.42. The maximum Gasteiger partial charge on any atom is 0.150 e. The van der Waals surface area contributed by atoms with Crippen LogP contribution in [-0.2, 0) is 5.75 Å². The summed E-state index contributed by atoms with van der Waals surface area (Å²) in [5.41, 5.74) is 3.43. The van der Waals surface area contributed by atoms with Gasteiger partial charge in [0.25, 0.3) is 0 Å². The predicted octanol–water partition coefficient (Wildman–Crippen LogP) is 1.82. The molecule has 3 N–H and O–H groups in total. The number of hydrazine groups is 1. The molecule has 2 rings (SSSR count). The van der Waals surface area contributed by atoms with Crippen LogP contribution in [0.4, 0.5) is 5.82 Å². The number of thiazole rings is 1. The van der Waals surface area contributed by atoms with Gasteiger partial charge in [-0.3, -0.25) is 0 Å². The monoisotopic (exact) mass is 253 g/mol. The van der Waals surface area contributed by atoms with E-state index in [0.717, 1.165) is 15.9 Å². The molecule has 2 aromatic heterocycles. The molecule has 2 heterocycles. The summed E-state index contributed by atoms with van der Waals surface area (Å²) in [7, 11) is 0. The summed E-state index contributed by atoms with van der Waals surface area (Å²) in [6, 6.07) is 1.80. The van der Waals surface area contributed by atoms with Crippen LogP contribution in [0.1, 0.15) is 11.5 Å². The standard InChI is InChI=1S/C9H11N5S2/c1-6-4-7(14-10)13-8(12-6)5-16-9-11-2-3-15-9/h2-4H,5,10H2,1H3,(H,12,13,14). The second-order valence-electron chi connectivity index (χ2n) is 3.04. The second-order valence-corrected chi connectivity index (χ2v) is 5.16. The van der Waals surface area contributed by atoms with Gasteiger partial charge in [-0.1, -0.05) is 11.8 Å². The van der Waals surface area contributed by atoms with Gasteiger partial charge in [0.2, 0.25) is 0 Å². The molecule has 7 heteroatoms. The molecule has 2 aromatic rings. The number of nitrogens with one attached hydrogen (secondary N) is 1. The fourth-order valence-electron chi connectivity index (χ4n) is 1.18. The first-order chi connectivity index (χ1) is 7.78. The Morgan fingerprint density at radius 1 is 1.50 bits per heavy atom. The van der Waals surface area contributed by atoms with Gasteiger partial charge in [0.15, 0.2) is 0 Å². The fraction of sp³-hybridized carbons (Fsp3) is 0.222. The molecule has 0 aromatic carbocycles. The van der Waals surface area contributed by atoms with Crippen LogP contribution < -0.4 is 11.3 Å². The van der Waals surface area contributed by atoms with E-state index < -0.39 is 0 Å². The zero-order valence-corrected chi connectivity index (χ0v) is 10.3. The van der Waals surface area contributed by atoms with Crippen LogP contribution in [0.5, 0.6) is 0 Å². The zero-order chi connectivity index (χ0) is 11.4. The van der Waals surface area contributed by atoms with Crippen LogP contribution in [0.3, 0.4) is 0 Å². The molecule has 0 aliphatic rings. The Balaban J connectivity index is 2.06. The molecule has 5 nitrogen and oxygen atoms in total. The highest BCUT2D eigenvalue weighted by molar-refractivity contribution is 8.00. The second kappa shape index (κ2) is 5.24. The first kappa shape index (κ1) is 11.3. The molecule has 0 unspecified atom stereocenters. The first-order valence-electron chi connectivity index (χ1n) is 4.61. The summed E-state index contributed by atoms with van der Waals surface area (Å²) >= 11 is 3.23. The lowest BCUT2D eigenvalue weighted by Crippen LogP contribution is -2.10. The Bertz CT molecular complexity index is 457. The quantitative estimate of drug-likeness (QED) is 0.492. The summed E-state index contributed by atoms with van der Waals surface area (Å²) in [6.07, 6.45) is 1.79. The first-order valence-corrected chi connectivity index (χ1v) is 6.48. The van der Waals surface area contributed by atoms with Crippen LogP contribution in [0.2, 0.25) is 0 Å². The molecule has 84 valence electrons. The van der Waals surface area contributed by atoms with E-state index in [1.54, 1.807) is 35.4 Å². The number of thioether (sulfide) groups is 1. The number of rotatable bonds is 4.